The molecule has 0 aliphatic carbocycles. The van der Waals surface area contributed by atoms with Crippen molar-refractivity contribution in [3.63, 3.8) is 0 Å². The highest BCUT2D eigenvalue weighted by Gasteiger charge is 2.31. The van der Waals surface area contributed by atoms with Crippen LogP contribution in [0.15, 0.2) is 72.8 Å². The van der Waals surface area contributed by atoms with Crippen molar-refractivity contribution in [3.05, 3.63) is 99.5 Å². The van der Waals surface area contributed by atoms with E-state index in [2.05, 4.69) is 5.32 Å². The SMILES string of the molecule is O=C(CCC(=O)O[C@@H](C(=O)c1ccc(Cl)cc1)c1ccccc1)Nc1cc(C(F)(F)F)ccc1Cl. The molecule has 1 amide bonds. The minimum atomic E-state index is -4.61. The maximum atomic E-state index is 13.0. The van der Waals surface area contributed by atoms with Crippen molar-refractivity contribution in [1.29, 1.82) is 0 Å². The van der Waals surface area contributed by atoms with Gasteiger partial charge in [0.15, 0.2) is 6.10 Å². The smallest absolute Gasteiger partial charge is 0.416 e. The van der Waals surface area contributed by atoms with E-state index in [-0.39, 0.29) is 16.3 Å². The molecule has 0 radical (unpaired) electrons. The van der Waals surface area contributed by atoms with Crippen molar-refractivity contribution in [2.24, 2.45) is 0 Å². The lowest BCUT2D eigenvalue weighted by Crippen LogP contribution is -2.21. The minimum Gasteiger partial charge on any atom is -0.449 e. The summed E-state index contributed by atoms with van der Waals surface area (Å²) in [7, 11) is 0. The normalized spacial score (nSPS) is 12.0. The van der Waals surface area contributed by atoms with Gasteiger partial charge in [-0.3, -0.25) is 14.4 Å². The average molecular weight is 524 g/mol. The van der Waals surface area contributed by atoms with Gasteiger partial charge in [0, 0.05) is 22.6 Å². The third-order valence-corrected chi connectivity index (χ3v) is 5.42. The molecule has 0 saturated carbocycles. The number of anilines is 1. The first-order valence-corrected chi connectivity index (χ1v) is 11.0. The van der Waals surface area contributed by atoms with Crippen LogP contribution in [0.2, 0.25) is 10.0 Å². The van der Waals surface area contributed by atoms with Gasteiger partial charge in [0.1, 0.15) is 0 Å². The fourth-order valence-corrected chi connectivity index (χ4v) is 3.37. The van der Waals surface area contributed by atoms with Gasteiger partial charge >= 0.3 is 12.1 Å². The molecule has 35 heavy (non-hydrogen) atoms. The van der Waals surface area contributed by atoms with E-state index in [0.29, 0.717) is 16.7 Å². The number of rotatable bonds is 8. The summed E-state index contributed by atoms with van der Waals surface area (Å²) in [6.45, 7) is 0. The Hall–Kier alpha value is -3.36. The number of Topliss-reactive ketones (excluding diaryl/α,β-unsaturated/α-hetero) is 1. The topological polar surface area (TPSA) is 72.5 Å². The molecule has 0 fully saturated rings. The van der Waals surface area contributed by atoms with Gasteiger partial charge in [-0.15, -0.1) is 0 Å². The van der Waals surface area contributed by atoms with Gasteiger partial charge in [-0.1, -0.05) is 53.5 Å². The van der Waals surface area contributed by atoms with Crippen molar-refractivity contribution in [3.8, 4) is 0 Å². The molecule has 1 N–H and O–H groups in total. The third kappa shape index (κ3) is 7.31. The number of ketones is 1. The average Bonchev–Trinajstić information content (AvgIpc) is 2.82. The standard InChI is InChI=1S/C25H18Cl2F3NO4/c26-18-9-6-15(7-10-18)23(34)24(16-4-2-1-3-5-16)35-22(33)13-12-21(32)31-20-14-17(25(28,29)30)8-11-19(20)27/h1-11,14,24H,12-13H2,(H,31,32)/t24-/m1/s1. The third-order valence-electron chi connectivity index (χ3n) is 4.84. The number of carbonyl (C=O) groups excluding carboxylic acids is 3. The Morgan fingerprint density at radius 1 is 0.886 bits per heavy atom. The van der Waals surface area contributed by atoms with Crippen LogP contribution < -0.4 is 5.32 Å². The zero-order valence-electron chi connectivity index (χ0n) is 17.9. The van der Waals surface area contributed by atoms with Gasteiger partial charge < -0.3 is 10.1 Å². The predicted molar refractivity (Wildman–Crippen MR) is 125 cm³/mol. The predicted octanol–water partition coefficient (Wildman–Crippen LogP) is 6.90. The van der Waals surface area contributed by atoms with E-state index in [1.807, 2.05) is 0 Å². The quantitative estimate of drug-likeness (QED) is 0.257. The van der Waals surface area contributed by atoms with Crippen molar-refractivity contribution < 1.29 is 32.3 Å². The number of benzene rings is 3. The van der Waals surface area contributed by atoms with Crippen LogP contribution in [0, 0.1) is 0 Å². The molecule has 0 aliphatic rings. The molecule has 0 aliphatic heterocycles. The number of hydrogen-bond acceptors (Lipinski definition) is 4. The van der Waals surface area contributed by atoms with Crippen LogP contribution in [0.5, 0.6) is 0 Å². The number of esters is 1. The molecule has 182 valence electrons. The van der Waals surface area contributed by atoms with E-state index < -0.39 is 48.3 Å². The van der Waals surface area contributed by atoms with E-state index in [4.69, 9.17) is 27.9 Å². The van der Waals surface area contributed by atoms with Crippen molar-refractivity contribution >= 4 is 46.5 Å². The summed E-state index contributed by atoms with van der Waals surface area (Å²) in [6, 6.07) is 16.9. The van der Waals surface area contributed by atoms with Crippen LogP contribution in [-0.2, 0) is 20.5 Å². The summed E-state index contributed by atoms with van der Waals surface area (Å²) in [5.74, 6) is -2.07. The Morgan fingerprint density at radius 3 is 2.17 bits per heavy atom. The molecule has 0 bridgehead atoms. The number of nitrogens with one attached hydrogen (secondary N) is 1. The van der Waals surface area contributed by atoms with Crippen LogP contribution in [0.1, 0.15) is 40.4 Å². The molecule has 5 nitrogen and oxygen atoms in total. The summed E-state index contributed by atoms with van der Waals surface area (Å²) in [6.07, 6.45) is -6.69. The van der Waals surface area contributed by atoms with Gasteiger partial charge in [-0.05, 0) is 42.5 Å². The van der Waals surface area contributed by atoms with E-state index in [1.165, 1.54) is 24.3 Å². The van der Waals surface area contributed by atoms with Gasteiger partial charge in [0.05, 0.1) is 22.7 Å². The first kappa shape index (κ1) is 26.2. The highest BCUT2D eigenvalue weighted by atomic mass is 35.5. The summed E-state index contributed by atoms with van der Waals surface area (Å²) >= 11 is 11.7. The molecule has 0 aromatic heterocycles. The second-order valence-electron chi connectivity index (χ2n) is 7.39. The van der Waals surface area contributed by atoms with E-state index in [9.17, 15) is 27.6 Å². The van der Waals surface area contributed by atoms with Crippen LogP contribution in [0.3, 0.4) is 0 Å². The Morgan fingerprint density at radius 2 is 1.54 bits per heavy atom. The summed E-state index contributed by atoms with van der Waals surface area (Å²) in [4.78, 5) is 37.7. The van der Waals surface area contributed by atoms with Crippen molar-refractivity contribution in [1.82, 2.24) is 0 Å². The second kappa shape index (κ2) is 11.4. The molecule has 10 heteroatoms. The fourth-order valence-electron chi connectivity index (χ4n) is 3.08. The number of amides is 1. The highest BCUT2D eigenvalue weighted by molar-refractivity contribution is 6.33. The Balaban J connectivity index is 1.66. The summed E-state index contributed by atoms with van der Waals surface area (Å²) in [5, 5.41) is 2.60. The monoisotopic (exact) mass is 523 g/mol. The molecule has 3 aromatic carbocycles. The Labute approximate surface area is 208 Å². The van der Waals surface area contributed by atoms with Crippen LogP contribution in [-0.4, -0.2) is 17.7 Å². The molecule has 0 heterocycles. The molecule has 0 saturated heterocycles. The maximum absolute atomic E-state index is 13.0. The van der Waals surface area contributed by atoms with E-state index >= 15 is 0 Å². The summed E-state index contributed by atoms with van der Waals surface area (Å²) in [5.41, 5.74) is -0.517. The molecule has 1 atom stereocenters. The molecular formula is C25H18Cl2F3NO4. The van der Waals surface area contributed by atoms with Crippen molar-refractivity contribution in [2.45, 2.75) is 25.1 Å². The lowest BCUT2D eigenvalue weighted by molar-refractivity contribution is -0.148. The zero-order valence-corrected chi connectivity index (χ0v) is 19.5. The van der Waals surface area contributed by atoms with Crippen molar-refractivity contribution in [2.75, 3.05) is 5.32 Å². The molecule has 3 aromatic rings. The Kier molecular flexibility index (Phi) is 8.53. The maximum Gasteiger partial charge on any atom is 0.416 e. The fraction of sp³-hybridized carbons (Fsp3) is 0.160. The largest absolute Gasteiger partial charge is 0.449 e. The second-order valence-corrected chi connectivity index (χ2v) is 8.24. The van der Waals surface area contributed by atoms with Gasteiger partial charge in [0.25, 0.3) is 0 Å². The molecule has 3 rings (SSSR count). The Bertz CT molecular complexity index is 1220. The molecule has 0 unspecified atom stereocenters. The molecular weight excluding hydrogens is 506 g/mol. The number of hydrogen-bond donors (Lipinski definition) is 1. The van der Waals surface area contributed by atoms with Gasteiger partial charge in [-0.25, -0.2) is 0 Å². The minimum absolute atomic E-state index is 0.0911. The zero-order chi connectivity index (χ0) is 25.6. The first-order valence-electron chi connectivity index (χ1n) is 10.3. The van der Waals surface area contributed by atoms with Gasteiger partial charge in [0.2, 0.25) is 11.7 Å². The van der Waals surface area contributed by atoms with Crippen LogP contribution in [0.25, 0.3) is 0 Å². The molecule has 0 spiro atoms. The number of carbonyl (C=O) groups is 3. The van der Waals surface area contributed by atoms with E-state index in [1.54, 1.807) is 30.3 Å². The number of halogens is 5. The van der Waals surface area contributed by atoms with E-state index in [0.717, 1.165) is 12.1 Å². The van der Waals surface area contributed by atoms with Crippen LogP contribution >= 0.6 is 23.2 Å². The number of alkyl halides is 3. The van der Waals surface area contributed by atoms with Gasteiger partial charge in [-0.2, -0.15) is 13.2 Å². The lowest BCUT2D eigenvalue weighted by atomic mass is 10.00. The number of ether oxygens (including phenoxy) is 1. The first-order chi connectivity index (χ1) is 16.5. The highest BCUT2D eigenvalue weighted by Crippen LogP contribution is 2.34. The van der Waals surface area contributed by atoms with Crippen LogP contribution in [0.4, 0.5) is 18.9 Å². The summed E-state index contributed by atoms with van der Waals surface area (Å²) < 4.78 is 44.1. The lowest BCUT2D eigenvalue weighted by Gasteiger charge is -2.17.